The third-order valence-corrected chi connectivity index (χ3v) is 3.36. The van der Waals surface area contributed by atoms with Crippen LogP contribution >= 0.6 is 11.5 Å². The summed E-state index contributed by atoms with van der Waals surface area (Å²) in [4.78, 5) is 23.4. The molecule has 1 rings (SSSR count). The number of esters is 1. The van der Waals surface area contributed by atoms with E-state index in [1.54, 1.807) is 6.92 Å². The second-order valence-electron chi connectivity index (χ2n) is 4.87. The van der Waals surface area contributed by atoms with Gasteiger partial charge in [-0.15, -0.1) is 0 Å². The zero-order valence-corrected chi connectivity index (χ0v) is 13.4. The zero-order valence-electron chi connectivity index (χ0n) is 12.6. The fourth-order valence-corrected chi connectivity index (χ4v) is 2.25. The van der Waals surface area contributed by atoms with Gasteiger partial charge in [-0.1, -0.05) is 13.8 Å². The van der Waals surface area contributed by atoms with E-state index in [0.29, 0.717) is 30.4 Å². The van der Waals surface area contributed by atoms with Crippen LogP contribution in [0.1, 0.15) is 37.6 Å². The third kappa shape index (κ3) is 5.58. The van der Waals surface area contributed by atoms with Gasteiger partial charge in [-0.3, -0.25) is 4.79 Å². The van der Waals surface area contributed by atoms with E-state index < -0.39 is 5.97 Å². The molecule has 0 aromatic carbocycles. The Morgan fingerprint density at radius 1 is 1.43 bits per heavy atom. The summed E-state index contributed by atoms with van der Waals surface area (Å²) in [6, 6.07) is 0. The van der Waals surface area contributed by atoms with Crippen molar-refractivity contribution in [1.82, 2.24) is 9.69 Å². The van der Waals surface area contributed by atoms with Crippen LogP contribution < -0.4 is 16.4 Å². The van der Waals surface area contributed by atoms with Gasteiger partial charge in [0, 0.05) is 19.5 Å². The van der Waals surface area contributed by atoms with E-state index in [1.807, 2.05) is 13.8 Å². The number of carbonyl (C=O) groups excluding carboxylic acids is 2. The standard InChI is InChI=1S/C13H22N4O3S/c1-4-20-13(19)10-11(14)17-21-12(10)15-6-5-9(18)16-7-8(2)3/h8,15H,4-7H2,1-3H3,(H2,14,17)(H,16,18). The molecule has 1 heterocycles. The Kier molecular flexibility index (Phi) is 6.93. The quantitative estimate of drug-likeness (QED) is 0.627. The summed E-state index contributed by atoms with van der Waals surface area (Å²) < 4.78 is 8.86. The van der Waals surface area contributed by atoms with Crippen molar-refractivity contribution in [3.05, 3.63) is 5.56 Å². The summed E-state index contributed by atoms with van der Waals surface area (Å²) in [7, 11) is 0. The Morgan fingerprint density at radius 3 is 2.76 bits per heavy atom. The molecule has 0 radical (unpaired) electrons. The van der Waals surface area contributed by atoms with E-state index in [4.69, 9.17) is 10.5 Å². The fraction of sp³-hybridized carbons (Fsp3) is 0.615. The minimum atomic E-state index is -0.504. The van der Waals surface area contributed by atoms with Gasteiger partial charge in [0.05, 0.1) is 6.61 Å². The Bertz CT molecular complexity index is 488. The summed E-state index contributed by atoms with van der Waals surface area (Å²) >= 11 is 1.08. The van der Waals surface area contributed by atoms with Crippen LogP contribution in [0, 0.1) is 5.92 Å². The predicted molar refractivity (Wildman–Crippen MR) is 83.4 cm³/mol. The number of aromatic nitrogens is 1. The van der Waals surface area contributed by atoms with E-state index in [2.05, 4.69) is 15.0 Å². The number of anilines is 2. The van der Waals surface area contributed by atoms with Gasteiger partial charge in [0.2, 0.25) is 5.91 Å². The van der Waals surface area contributed by atoms with Gasteiger partial charge in [-0.2, -0.15) is 4.37 Å². The number of nitrogens with one attached hydrogen (secondary N) is 2. The van der Waals surface area contributed by atoms with Crippen LogP contribution in [0.4, 0.5) is 10.8 Å². The van der Waals surface area contributed by atoms with Crippen molar-refractivity contribution < 1.29 is 14.3 Å². The van der Waals surface area contributed by atoms with Gasteiger partial charge in [0.15, 0.2) is 5.82 Å². The Balaban J connectivity index is 2.49. The molecule has 0 aliphatic rings. The highest BCUT2D eigenvalue weighted by Gasteiger charge is 2.20. The van der Waals surface area contributed by atoms with Crippen molar-refractivity contribution in [2.75, 3.05) is 30.7 Å². The van der Waals surface area contributed by atoms with Gasteiger partial charge < -0.3 is 21.1 Å². The number of nitrogen functional groups attached to an aromatic ring is 1. The number of ether oxygens (including phenoxy) is 1. The van der Waals surface area contributed by atoms with Crippen molar-refractivity contribution in [1.29, 1.82) is 0 Å². The van der Waals surface area contributed by atoms with E-state index in [1.165, 1.54) is 0 Å². The highest BCUT2D eigenvalue weighted by atomic mass is 32.1. The first kappa shape index (κ1) is 17.2. The molecule has 1 aromatic heterocycles. The van der Waals surface area contributed by atoms with Gasteiger partial charge in [0.25, 0.3) is 0 Å². The first-order chi connectivity index (χ1) is 9.95. The monoisotopic (exact) mass is 314 g/mol. The molecule has 0 aliphatic carbocycles. The predicted octanol–water partition coefficient (Wildman–Crippen LogP) is 1.48. The number of carbonyl (C=O) groups is 2. The molecule has 4 N–H and O–H groups in total. The molecule has 1 aromatic rings. The third-order valence-electron chi connectivity index (χ3n) is 2.54. The summed E-state index contributed by atoms with van der Waals surface area (Å²) in [5.74, 6) is 0.0192. The maximum absolute atomic E-state index is 11.8. The molecule has 0 fully saturated rings. The van der Waals surface area contributed by atoms with Crippen molar-refractivity contribution in [3.8, 4) is 0 Å². The lowest BCUT2D eigenvalue weighted by molar-refractivity contribution is -0.120. The molecule has 7 nitrogen and oxygen atoms in total. The number of hydrogen-bond donors (Lipinski definition) is 3. The molecular weight excluding hydrogens is 292 g/mol. The highest BCUT2D eigenvalue weighted by molar-refractivity contribution is 7.11. The second-order valence-corrected chi connectivity index (χ2v) is 5.64. The van der Waals surface area contributed by atoms with Crippen LogP contribution in [0.2, 0.25) is 0 Å². The van der Waals surface area contributed by atoms with Crippen molar-refractivity contribution in [2.45, 2.75) is 27.2 Å². The first-order valence-corrected chi connectivity index (χ1v) is 7.65. The van der Waals surface area contributed by atoms with Crippen LogP contribution in [-0.4, -0.2) is 35.9 Å². The van der Waals surface area contributed by atoms with Gasteiger partial charge >= 0.3 is 5.97 Å². The molecule has 0 aliphatic heterocycles. The molecule has 21 heavy (non-hydrogen) atoms. The molecule has 0 saturated heterocycles. The number of rotatable bonds is 8. The van der Waals surface area contributed by atoms with Crippen LogP contribution in [0.25, 0.3) is 0 Å². The van der Waals surface area contributed by atoms with E-state index in [9.17, 15) is 9.59 Å². The van der Waals surface area contributed by atoms with Crippen molar-refractivity contribution in [2.24, 2.45) is 5.92 Å². The maximum atomic E-state index is 11.8. The average molecular weight is 314 g/mol. The number of nitrogens with zero attached hydrogens (tertiary/aromatic N) is 1. The number of nitrogens with two attached hydrogens (primary N) is 1. The maximum Gasteiger partial charge on any atom is 0.344 e. The molecular formula is C13H22N4O3S. The Morgan fingerprint density at radius 2 is 2.14 bits per heavy atom. The molecule has 0 spiro atoms. The van der Waals surface area contributed by atoms with Crippen LogP contribution in [0.5, 0.6) is 0 Å². The second kappa shape index (κ2) is 8.46. The lowest BCUT2D eigenvalue weighted by atomic mass is 10.2. The smallest absolute Gasteiger partial charge is 0.344 e. The summed E-state index contributed by atoms with van der Waals surface area (Å²) in [5.41, 5.74) is 5.90. The topological polar surface area (TPSA) is 106 Å². The summed E-state index contributed by atoms with van der Waals surface area (Å²) in [6.07, 6.45) is 0.312. The molecule has 118 valence electrons. The van der Waals surface area contributed by atoms with Gasteiger partial charge in [-0.05, 0) is 24.4 Å². The minimum Gasteiger partial charge on any atom is -0.462 e. The lowest BCUT2D eigenvalue weighted by Crippen LogP contribution is -2.28. The number of hydrogen-bond acceptors (Lipinski definition) is 7. The molecule has 0 bridgehead atoms. The molecule has 0 unspecified atom stereocenters. The fourth-order valence-electron chi connectivity index (χ4n) is 1.52. The van der Waals surface area contributed by atoms with Crippen LogP contribution in [0.15, 0.2) is 0 Å². The van der Waals surface area contributed by atoms with E-state index in [0.717, 1.165) is 11.5 Å². The molecule has 8 heteroatoms. The average Bonchev–Trinajstić information content (AvgIpc) is 2.78. The van der Waals surface area contributed by atoms with Crippen molar-refractivity contribution in [3.63, 3.8) is 0 Å². The zero-order chi connectivity index (χ0) is 15.8. The SMILES string of the molecule is CCOC(=O)c1c(N)nsc1NCCC(=O)NCC(C)C. The molecule has 0 saturated carbocycles. The summed E-state index contributed by atoms with van der Waals surface area (Å²) in [5, 5.41) is 6.36. The lowest BCUT2D eigenvalue weighted by Gasteiger charge is -2.09. The highest BCUT2D eigenvalue weighted by Crippen LogP contribution is 2.27. The van der Waals surface area contributed by atoms with Crippen LogP contribution in [0.3, 0.4) is 0 Å². The van der Waals surface area contributed by atoms with Gasteiger partial charge in [-0.25, -0.2) is 4.79 Å². The minimum absolute atomic E-state index is 0.0358. The number of amides is 1. The normalized spacial score (nSPS) is 10.5. The molecule has 0 atom stereocenters. The van der Waals surface area contributed by atoms with Crippen LogP contribution in [-0.2, 0) is 9.53 Å². The van der Waals surface area contributed by atoms with E-state index >= 15 is 0 Å². The first-order valence-electron chi connectivity index (χ1n) is 6.88. The van der Waals surface area contributed by atoms with Gasteiger partial charge in [0.1, 0.15) is 10.6 Å². The Labute approximate surface area is 128 Å². The van der Waals surface area contributed by atoms with E-state index in [-0.39, 0.29) is 23.9 Å². The molecule has 1 amide bonds. The van der Waals surface area contributed by atoms with Crippen molar-refractivity contribution >= 4 is 34.2 Å². The summed E-state index contributed by atoms with van der Waals surface area (Å²) in [6.45, 7) is 7.11. The largest absolute Gasteiger partial charge is 0.462 e. The Hall–Kier alpha value is -1.83.